The Hall–Kier alpha value is -1.94. The summed E-state index contributed by atoms with van der Waals surface area (Å²) in [5, 5.41) is 2.98. The quantitative estimate of drug-likeness (QED) is 0.698. The Morgan fingerprint density at radius 1 is 1.12 bits per heavy atom. The molecule has 2 rings (SSSR count). The third-order valence-electron chi connectivity index (χ3n) is 3.83. The molecule has 0 saturated carbocycles. The van der Waals surface area contributed by atoms with Crippen LogP contribution in [-0.4, -0.2) is 24.8 Å². The number of carbonyl (C=O) groups is 1. The van der Waals surface area contributed by atoms with Crippen molar-refractivity contribution in [2.45, 2.75) is 30.8 Å². The van der Waals surface area contributed by atoms with Crippen LogP contribution in [0.5, 0.6) is 5.75 Å². The van der Waals surface area contributed by atoms with E-state index in [0.717, 1.165) is 24.3 Å². The first kappa shape index (κ1) is 18.4. The van der Waals surface area contributed by atoms with Gasteiger partial charge in [-0.05, 0) is 37.0 Å². The largest absolute Gasteiger partial charge is 0.496 e. The molecule has 1 atom stereocenters. The Kier molecular flexibility index (Phi) is 7.69. The molecule has 3 nitrogen and oxygen atoms in total. The summed E-state index contributed by atoms with van der Waals surface area (Å²) >= 11 is 1.67. The van der Waals surface area contributed by atoms with E-state index >= 15 is 0 Å². The molecule has 0 aliphatic rings. The molecule has 0 aromatic heterocycles. The number of ether oxygens (including phenoxy) is 1. The molecule has 0 fully saturated rings. The van der Waals surface area contributed by atoms with E-state index in [0.29, 0.717) is 6.54 Å². The molecule has 0 aliphatic carbocycles. The predicted molar refractivity (Wildman–Crippen MR) is 102 cm³/mol. The fourth-order valence-electron chi connectivity index (χ4n) is 2.41. The van der Waals surface area contributed by atoms with E-state index in [-0.39, 0.29) is 11.2 Å². The number of benzene rings is 2. The first-order valence-electron chi connectivity index (χ1n) is 8.26. The van der Waals surface area contributed by atoms with Gasteiger partial charge in [0.15, 0.2) is 0 Å². The maximum atomic E-state index is 12.1. The number of para-hydroxylation sites is 1. The van der Waals surface area contributed by atoms with Gasteiger partial charge < -0.3 is 10.1 Å². The number of hydrogen-bond donors (Lipinski definition) is 1. The first-order valence-corrected chi connectivity index (χ1v) is 9.30. The molecular weight excluding hydrogens is 318 g/mol. The molecule has 1 N–H and O–H groups in total. The highest BCUT2D eigenvalue weighted by Gasteiger charge is 2.12. The van der Waals surface area contributed by atoms with Crippen LogP contribution >= 0.6 is 11.8 Å². The van der Waals surface area contributed by atoms with Crippen molar-refractivity contribution < 1.29 is 9.53 Å². The Labute approximate surface area is 148 Å². The first-order chi connectivity index (χ1) is 11.7. The normalized spacial score (nSPS) is 11.8. The number of amides is 1. The fourth-order valence-corrected chi connectivity index (χ4v) is 3.28. The Morgan fingerprint density at radius 3 is 2.58 bits per heavy atom. The fraction of sp³-hybridized carbons (Fsp3) is 0.350. The lowest BCUT2D eigenvalue weighted by Crippen LogP contribution is -2.31. The Balaban J connectivity index is 1.67. The molecule has 24 heavy (non-hydrogen) atoms. The third-order valence-corrected chi connectivity index (χ3v) is 5.04. The molecule has 1 amide bonds. The average Bonchev–Trinajstić information content (AvgIpc) is 2.64. The molecule has 0 saturated heterocycles. The number of nitrogens with one attached hydrogen (secondary N) is 1. The molecule has 0 spiro atoms. The van der Waals surface area contributed by atoms with Crippen molar-refractivity contribution in [1.82, 2.24) is 5.32 Å². The second kappa shape index (κ2) is 10.0. The molecule has 128 valence electrons. The molecule has 0 radical (unpaired) electrons. The van der Waals surface area contributed by atoms with Crippen LogP contribution in [0.25, 0.3) is 0 Å². The summed E-state index contributed by atoms with van der Waals surface area (Å²) in [6.07, 6.45) is 1.80. The lowest BCUT2D eigenvalue weighted by molar-refractivity contribution is -0.120. The van der Waals surface area contributed by atoms with Gasteiger partial charge in [-0.1, -0.05) is 48.5 Å². The molecule has 0 aliphatic heterocycles. The van der Waals surface area contributed by atoms with Crippen LogP contribution in [0.1, 0.15) is 24.5 Å². The third kappa shape index (κ3) is 5.93. The van der Waals surface area contributed by atoms with E-state index in [2.05, 4.69) is 23.5 Å². The molecule has 2 aromatic rings. The van der Waals surface area contributed by atoms with Gasteiger partial charge in [0, 0.05) is 12.3 Å². The second-order valence-corrected chi connectivity index (χ2v) is 6.97. The summed E-state index contributed by atoms with van der Waals surface area (Å²) in [4.78, 5) is 12.1. The van der Waals surface area contributed by atoms with Crippen LogP contribution in [0.15, 0.2) is 54.6 Å². The van der Waals surface area contributed by atoms with Gasteiger partial charge >= 0.3 is 0 Å². The zero-order valence-corrected chi connectivity index (χ0v) is 15.1. The summed E-state index contributed by atoms with van der Waals surface area (Å²) in [6.45, 7) is 2.65. The maximum Gasteiger partial charge on any atom is 0.232 e. The summed E-state index contributed by atoms with van der Waals surface area (Å²) in [5.41, 5.74) is 2.43. The smallest absolute Gasteiger partial charge is 0.232 e. The zero-order valence-electron chi connectivity index (χ0n) is 14.3. The predicted octanol–water partition coefficient (Wildman–Crippen LogP) is 4.07. The molecule has 0 bridgehead atoms. The van der Waals surface area contributed by atoms with Crippen molar-refractivity contribution in [2.24, 2.45) is 0 Å². The van der Waals surface area contributed by atoms with Crippen LogP contribution in [0.3, 0.4) is 0 Å². The van der Waals surface area contributed by atoms with Crippen molar-refractivity contribution in [3.63, 3.8) is 0 Å². The highest BCUT2D eigenvalue weighted by atomic mass is 32.2. The van der Waals surface area contributed by atoms with Crippen molar-refractivity contribution in [3.8, 4) is 5.75 Å². The molecule has 2 aromatic carbocycles. The number of thioether (sulfide) groups is 1. The van der Waals surface area contributed by atoms with E-state index < -0.39 is 0 Å². The van der Waals surface area contributed by atoms with Gasteiger partial charge in [0.2, 0.25) is 5.91 Å². The molecule has 4 heteroatoms. The molecule has 1 unspecified atom stereocenters. The lowest BCUT2D eigenvalue weighted by atomic mass is 10.1. The van der Waals surface area contributed by atoms with Crippen LogP contribution < -0.4 is 10.1 Å². The van der Waals surface area contributed by atoms with Gasteiger partial charge in [0.05, 0.1) is 12.4 Å². The van der Waals surface area contributed by atoms with Gasteiger partial charge in [0.25, 0.3) is 0 Å². The van der Waals surface area contributed by atoms with E-state index in [1.165, 1.54) is 11.1 Å². The molecule has 0 heterocycles. The monoisotopic (exact) mass is 343 g/mol. The minimum atomic E-state index is -0.0449. The van der Waals surface area contributed by atoms with Crippen molar-refractivity contribution in [1.29, 1.82) is 0 Å². The highest BCUT2D eigenvalue weighted by Crippen LogP contribution is 2.19. The van der Waals surface area contributed by atoms with Crippen molar-refractivity contribution in [2.75, 3.05) is 13.7 Å². The maximum absolute atomic E-state index is 12.1. The number of methoxy groups -OCH3 is 1. The van der Waals surface area contributed by atoms with Gasteiger partial charge in [0.1, 0.15) is 5.75 Å². The number of rotatable bonds is 9. The van der Waals surface area contributed by atoms with Crippen molar-refractivity contribution >= 4 is 17.7 Å². The van der Waals surface area contributed by atoms with Gasteiger partial charge in [-0.2, -0.15) is 0 Å². The number of carbonyl (C=O) groups excluding carboxylic acids is 1. The number of hydrogen-bond acceptors (Lipinski definition) is 3. The Bertz CT molecular complexity index is 631. The van der Waals surface area contributed by atoms with Crippen LogP contribution in [0.2, 0.25) is 0 Å². The molecular formula is C20H25NO2S. The van der Waals surface area contributed by atoms with E-state index in [4.69, 9.17) is 4.74 Å². The van der Waals surface area contributed by atoms with Gasteiger partial charge in [-0.25, -0.2) is 0 Å². The van der Waals surface area contributed by atoms with Gasteiger partial charge in [-0.15, -0.1) is 11.8 Å². The van der Waals surface area contributed by atoms with Gasteiger partial charge in [-0.3, -0.25) is 4.79 Å². The summed E-state index contributed by atoms with van der Waals surface area (Å²) in [5.74, 6) is 1.88. The second-order valence-electron chi connectivity index (χ2n) is 5.65. The van der Waals surface area contributed by atoms with Crippen LogP contribution in [-0.2, 0) is 17.0 Å². The lowest BCUT2D eigenvalue weighted by Gasteiger charge is -2.12. The Morgan fingerprint density at radius 2 is 1.83 bits per heavy atom. The van der Waals surface area contributed by atoms with E-state index in [9.17, 15) is 4.79 Å². The summed E-state index contributed by atoms with van der Waals surface area (Å²) in [6, 6.07) is 18.3. The van der Waals surface area contributed by atoms with Crippen LogP contribution in [0, 0.1) is 0 Å². The minimum absolute atomic E-state index is 0.0449. The number of aryl methyl sites for hydroxylation is 1. The van der Waals surface area contributed by atoms with E-state index in [1.807, 2.05) is 43.3 Å². The van der Waals surface area contributed by atoms with E-state index in [1.54, 1.807) is 18.9 Å². The average molecular weight is 343 g/mol. The standard InChI is InChI=1S/C20H25NO2S/c1-16(24-15-17-9-4-3-5-10-17)20(22)21-14-8-12-18-11-6-7-13-19(18)23-2/h3-7,9-11,13,16H,8,12,14-15H2,1-2H3,(H,21,22). The summed E-state index contributed by atoms with van der Waals surface area (Å²) < 4.78 is 5.35. The highest BCUT2D eigenvalue weighted by molar-refractivity contribution is 7.99. The van der Waals surface area contributed by atoms with Crippen molar-refractivity contribution in [3.05, 3.63) is 65.7 Å². The van der Waals surface area contributed by atoms with Crippen LogP contribution in [0.4, 0.5) is 0 Å². The SMILES string of the molecule is COc1ccccc1CCCNC(=O)C(C)SCc1ccccc1. The summed E-state index contributed by atoms with van der Waals surface area (Å²) in [7, 11) is 1.69. The zero-order chi connectivity index (χ0) is 17.2. The topological polar surface area (TPSA) is 38.3 Å². The minimum Gasteiger partial charge on any atom is -0.496 e.